The predicted molar refractivity (Wildman–Crippen MR) is 68.6 cm³/mol. The standard InChI is InChI=1S/C15H15N/c1-9-7-14(16)10(2)13-8-11-5-3-4-6-12(11)15(9)13/h3-7H,8,16H2,1-2H3. The highest BCUT2D eigenvalue weighted by molar-refractivity contribution is 5.83. The Morgan fingerprint density at radius 3 is 2.69 bits per heavy atom. The first-order chi connectivity index (χ1) is 7.68. The molecule has 0 saturated carbocycles. The smallest absolute Gasteiger partial charge is 0.0349 e. The first-order valence-corrected chi connectivity index (χ1v) is 5.65. The van der Waals surface area contributed by atoms with Gasteiger partial charge in [-0.3, -0.25) is 0 Å². The number of nitrogen functional groups attached to an aromatic ring is 1. The minimum absolute atomic E-state index is 0.920. The lowest BCUT2D eigenvalue weighted by molar-refractivity contribution is 1.21. The van der Waals surface area contributed by atoms with E-state index in [4.69, 9.17) is 5.73 Å². The molecule has 0 atom stereocenters. The summed E-state index contributed by atoms with van der Waals surface area (Å²) < 4.78 is 0. The van der Waals surface area contributed by atoms with E-state index >= 15 is 0 Å². The average Bonchev–Trinajstić information content (AvgIpc) is 2.65. The zero-order valence-corrected chi connectivity index (χ0v) is 9.67. The van der Waals surface area contributed by atoms with Crippen molar-refractivity contribution in [2.45, 2.75) is 20.3 Å². The van der Waals surface area contributed by atoms with Gasteiger partial charge in [-0.2, -0.15) is 0 Å². The maximum absolute atomic E-state index is 6.03. The van der Waals surface area contributed by atoms with Crippen LogP contribution in [0.1, 0.15) is 22.3 Å². The van der Waals surface area contributed by atoms with E-state index in [1.54, 1.807) is 0 Å². The van der Waals surface area contributed by atoms with Gasteiger partial charge in [0.2, 0.25) is 0 Å². The van der Waals surface area contributed by atoms with E-state index in [0.717, 1.165) is 12.1 Å². The van der Waals surface area contributed by atoms with E-state index in [0.29, 0.717) is 0 Å². The van der Waals surface area contributed by atoms with Gasteiger partial charge in [0.1, 0.15) is 0 Å². The molecule has 0 amide bonds. The summed E-state index contributed by atoms with van der Waals surface area (Å²) in [4.78, 5) is 0. The number of rotatable bonds is 0. The second kappa shape index (κ2) is 3.11. The molecular formula is C15H15N. The van der Waals surface area contributed by atoms with Gasteiger partial charge in [-0.15, -0.1) is 0 Å². The van der Waals surface area contributed by atoms with Crippen LogP contribution in [0.25, 0.3) is 11.1 Å². The fourth-order valence-electron chi connectivity index (χ4n) is 2.72. The Morgan fingerprint density at radius 2 is 1.88 bits per heavy atom. The summed E-state index contributed by atoms with van der Waals surface area (Å²) in [6.07, 6.45) is 1.03. The first-order valence-electron chi connectivity index (χ1n) is 5.65. The third-order valence-corrected chi connectivity index (χ3v) is 3.61. The summed E-state index contributed by atoms with van der Waals surface area (Å²) in [7, 11) is 0. The topological polar surface area (TPSA) is 26.0 Å². The quantitative estimate of drug-likeness (QED) is 0.564. The molecule has 16 heavy (non-hydrogen) atoms. The monoisotopic (exact) mass is 209 g/mol. The molecule has 1 nitrogen and oxygen atoms in total. The van der Waals surface area contributed by atoms with E-state index in [9.17, 15) is 0 Å². The third-order valence-electron chi connectivity index (χ3n) is 3.61. The van der Waals surface area contributed by atoms with Crippen LogP contribution >= 0.6 is 0 Å². The Hall–Kier alpha value is -1.76. The zero-order valence-electron chi connectivity index (χ0n) is 9.67. The van der Waals surface area contributed by atoms with Gasteiger partial charge in [0.15, 0.2) is 0 Å². The van der Waals surface area contributed by atoms with Gasteiger partial charge < -0.3 is 5.73 Å². The van der Waals surface area contributed by atoms with E-state index in [1.165, 1.54) is 33.4 Å². The fraction of sp³-hybridized carbons (Fsp3) is 0.200. The van der Waals surface area contributed by atoms with Crippen molar-refractivity contribution in [2.75, 3.05) is 5.73 Å². The fourth-order valence-corrected chi connectivity index (χ4v) is 2.72. The number of fused-ring (bicyclic) bond motifs is 3. The van der Waals surface area contributed by atoms with Crippen molar-refractivity contribution >= 4 is 5.69 Å². The van der Waals surface area contributed by atoms with Gasteiger partial charge in [0, 0.05) is 5.69 Å². The SMILES string of the molecule is Cc1cc(N)c(C)c2c1-c1ccccc1C2. The Bertz CT molecular complexity index is 582. The van der Waals surface area contributed by atoms with Crippen molar-refractivity contribution < 1.29 is 0 Å². The molecule has 2 aromatic rings. The van der Waals surface area contributed by atoms with Crippen LogP contribution in [-0.2, 0) is 6.42 Å². The van der Waals surface area contributed by atoms with Gasteiger partial charge in [-0.05, 0) is 59.7 Å². The highest BCUT2D eigenvalue weighted by atomic mass is 14.6. The Balaban J connectivity index is 2.37. The lowest BCUT2D eigenvalue weighted by atomic mass is 9.96. The van der Waals surface area contributed by atoms with Gasteiger partial charge in [0.25, 0.3) is 0 Å². The summed E-state index contributed by atoms with van der Waals surface area (Å²) in [6, 6.07) is 10.7. The molecule has 0 unspecified atom stereocenters. The molecule has 0 aliphatic heterocycles. The average molecular weight is 209 g/mol. The van der Waals surface area contributed by atoms with Gasteiger partial charge in [0.05, 0.1) is 0 Å². The van der Waals surface area contributed by atoms with E-state index in [-0.39, 0.29) is 0 Å². The predicted octanol–water partition coefficient (Wildman–Crippen LogP) is 3.46. The minimum Gasteiger partial charge on any atom is -0.398 e. The van der Waals surface area contributed by atoms with Crippen molar-refractivity contribution in [2.24, 2.45) is 0 Å². The number of hydrogen-bond acceptors (Lipinski definition) is 1. The Kier molecular flexibility index (Phi) is 1.84. The number of nitrogens with two attached hydrogens (primary N) is 1. The number of aryl methyl sites for hydroxylation is 1. The lowest BCUT2D eigenvalue weighted by Gasteiger charge is -2.11. The van der Waals surface area contributed by atoms with Crippen molar-refractivity contribution in [3.05, 3.63) is 52.6 Å². The van der Waals surface area contributed by atoms with Crippen LogP contribution in [0.15, 0.2) is 30.3 Å². The maximum Gasteiger partial charge on any atom is 0.0349 e. The molecule has 0 spiro atoms. The van der Waals surface area contributed by atoms with Crippen molar-refractivity contribution in [3.63, 3.8) is 0 Å². The number of benzene rings is 2. The Morgan fingerprint density at radius 1 is 1.12 bits per heavy atom. The summed E-state index contributed by atoms with van der Waals surface area (Å²) >= 11 is 0. The molecular weight excluding hydrogens is 194 g/mol. The first kappa shape index (κ1) is 9.46. The van der Waals surface area contributed by atoms with E-state index in [1.807, 2.05) is 0 Å². The molecule has 3 rings (SSSR count). The molecule has 0 saturated heterocycles. The Labute approximate surface area is 95.9 Å². The lowest BCUT2D eigenvalue weighted by Crippen LogP contribution is -1.96. The van der Waals surface area contributed by atoms with Crippen LogP contribution in [-0.4, -0.2) is 0 Å². The molecule has 2 aromatic carbocycles. The van der Waals surface area contributed by atoms with Crippen molar-refractivity contribution in [1.82, 2.24) is 0 Å². The van der Waals surface area contributed by atoms with Crippen LogP contribution in [0.2, 0.25) is 0 Å². The number of anilines is 1. The molecule has 0 heterocycles. The second-order valence-corrected chi connectivity index (χ2v) is 4.60. The summed E-state index contributed by atoms with van der Waals surface area (Å²) in [5.74, 6) is 0. The van der Waals surface area contributed by atoms with Crippen LogP contribution in [0, 0.1) is 13.8 Å². The molecule has 0 bridgehead atoms. The summed E-state index contributed by atoms with van der Waals surface area (Å²) in [5, 5.41) is 0. The molecule has 0 fully saturated rings. The molecule has 1 heteroatoms. The van der Waals surface area contributed by atoms with Crippen molar-refractivity contribution in [3.8, 4) is 11.1 Å². The maximum atomic E-state index is 6.03. The third kappa shape index (κ3) is 1.12. The van der Waals surface area contributed by atoms with Crippen LogP contribution < -0.4 is 5.73 Å². The molecule has 1 aliphatic rings. The van der Waals surface area contributed by atoms with Crippen LogP contribution in [0.5, 0.6) is 0 Å². The van der Waals surface area contributed by atoms with Gasteiger partial charge >= 0.3 is 0 Å². The largest absolute Gasteiger partial charge is 0.398 e. The van der Waals surface area contributed by atoms with Gasteiger partial charge in [-0.1, -0.05) is 24.3 Å². The molecule has 0 radical (unpaired) electrons. The highest BCUT2D eigenvalue weighted by Gasteiger charge is 2.22. The van der Waals surface area contributed by atoms with Crippen molar-refractivity contribution in [1.29, 1.82) is 0 Å². The molecule has 80 valence electrons. The zero-order chi connectivity index (χ0) is 11.3. The van der Waals surface area contributed by atoms with E-state index in [2.05, 4.69) is 44.2 Å². The second-order valence-electron chi connectivity index (χ2n) is 4.60. The van der Waals surface area contributed by atoms with E-state index < -0.39 is 0 Å². The number of hydrogen-bond donors (Lipinski definition) is 1. The summed E-state index contributed by atoms with van der Waals surface area (Å²) in [6.45, 7) is 4.27. The molecule has 0 aromatic heterocycles. The molecule has 1 aliphatic carbocycles. The molecule has 2 N–H and O–H groups in total. The highest BCUT2D eigenvalue weighted by Crippen LogP contribution is 2.41. The summed E-state index contributed by atoms with van der Waals surface area (Å²) in [5.41, 5.74) is 15.1. The normalized spacial score (nSPS) is 12.4. The van der Waals surface area contributed by atoms with Crippen LogP contribution in [0.3, 0.4) is 0 Å². The minimum atomic E-state index is 0.920. The van der Waals surface area contributed by atoms with Gasteiger partial charge in [-0.25, -0.2) is 0 Å². The van der Waals surface area contributed by atoms with Crippen LogP contribution in [0.4, 0.5) is 5.69 Å².